The summed E-state index contributed by atoms with van der Waals surface area (Å²) in [5, 5.41) is 1.05. The number of H-pyrrole nitrogens is 1. The number of amides is 2. The van der Waals surface area contributed by atoms with Gasteiger partial charge in [-0.05, 0) is 65.3 Å². The Bertz CT molecular complexity index is 1540. The quantitative estimate of drug-likeness (QED) is 0.173. The standard InChI is InChI=1S/C35H40F3N3O3/c1-34(2,3)28-16-12-26(13-17-28)33(43)41(19-7-21-44-4)24-32(42)40(23-25-10-14-29(15-11-25)35(36,37)38)20-18-27-22-39-31-9-6-5-8-30(27)31/h5-6,8-17,22,39H,7,18-21,23-24H2,1-4H3. The number of benzene rings is 3. The molecule has 44 heavy (non-hydrogen) atoms. The van der Waals surface area contributed by atoms with Crippen LogP contribution < -0.4 is 0 Å². The Hall–Kier alpha value is -4.11. The number of rotatable bonds is 12. The Morgan fingerprint density at radius 3 is 2.14 bits per heavy atom. The van der Waals surface area contributed by atoms with Crippen LogP contribution in [0, 0.1) is 0 Å². The van der Waals surface area contributed by atoms with Gasteiger partial charge >= 0.3 is 6.18 Å². The van der Waals surface area contributed by atoms with Crippen LogP contribution in [0.3, 0.4) is 0 Å². The lowest BCUT2D eigenvalue weighted by Crippen LogP contribution is -2.44. The van der Waals surface area contributed by atoms with Crippen LogP contribution in [-0.4, -0.2) is 59.9 Å². The van der Waals surface area contributed by atoms with E-state index in [9.17, 15) is 22.8 Å². The third-order valence-electron chi connectivity index (χ3n) is 7.72. The molecule has 0 aliphatic heterocycles. The monoisotopic (exact) mass is 607 g/mol. The van der Waals surface area contributed by atoms with Crippen LogP contribution in [0.5, 0.6) is 0 Å². The van der Waals surface area contributed by atoms with Gasteiger partial charge in [-0.1, -0.05) is 63.2 Å². The first kappa shape index (κ1) is 32.8. The molecule has 0 fully saturated rings. The van der Waals surface area contributed by atoms with E-state index in [-0.39, 0.29) is 30.3 Å². The Morgan fingerprint density at radius 2 is 1.50 bits per heavy atom. The SMILES string of the molecule is COCCCN(CC(=O)N(CCc1c[nH]c2ccccc12)Cc1ccc(C(F)(F)F)cc1)C(=O)c1ccc(C(C)(C)C)cc1. The number of hydrogen-bond acceptors (Lipinski definition) is 3. The summed E-state index contributed by atoms with van der Waals surface area (Å²) in [6.07, 6.45) is -1.46. The Balaban J connectivity index is 1.57. The van der Waals surface area contributed by atoms with Gasteiger partial charge in [0, 0.05) is 56.0 Å². The number of carbonyl (C=O) groups excluding carboxylic acids is 2. The average molecular weight is 608 g/mol. The summed E-state index contributed by atoms with van der Waals surface area (Å²) < 4.78 is 44.7. The van der Waals surface area contributed by atoms with E-state index in [4.69, 9.17) is 4.74 Å². The molecule has 0 spiro atoms. The molecule has 9 heteroatoms. The zero-order chi connectivity index (χ0) is 31.9. The Labute approximate surface area is 256 Å². The third kappa shape index (κ3) is 8.50. The van der Waals surface area contributed by atoms with Gasteiger partial charge in [0.15, 0.2) is 0 Å². The smallest absolute Gasteiger partial charge is 0.385 e. The first-order chi connectivity index (χ1) is 20.9. The van der Waals surface area contributed by atoms with E-state index >= 15 is 0 Å². The molecule has 0 saturated carbocycles. The van der Waals surface area contributed by atoms with E-state index in [1.165, 1.54) is 17.0 Å². The number of aromatic amines is 1. The number of aromatic nitrogens is 1. The van der Waals surface area contributed by atoms with Gasteiger partial charge in [-0.2, -0.15) is 13.2 Å². The van der Waals surface area contributed by atoms with Crippen molar-refractivity contribution in [2.45, 2.75) is 51.7 Å². The summed E-state index contributed by atoms with van der Waals surface area (Å²) in [6, 6.07) is 20.1. The number of para-hydroxylation sites is 1. The van der Waals surface area contributed by atoms with E-state index in [2.05, 4.69) is 25.8 Å². The highest BCUT2D eigenvalue weighted by Crippen LogP contribution is 2.29. The molecule has 0 bridgehead atoms. The Kier molecular flexibility index (Phi) is 10.5. The zero-order valence-electron chi connectivity index (χ0n) is 25.7. The molecule has 0 saturated heterocycles. The Morgan fingerprint density at radius 1 is 0.841 bits per heavy atom. The van der Waals surface area contributed by atoms with Crippen LogP contribution in [0.1, 0.15) is 59.8 Å². The number of nitrogens with one attached hydrogen (secondary N) is 1. The number of hydrogen-bond donors (Lipinski definition) is 1. The largest absolute Gasteiger partial charge is 0.416 e. The number of methoxy groups -OCH3 is 1. The summed E-state index contributed by atoms with van der Waals surface area (Å²) in [6.45, 7) is 7.30. The maximum absolute atomic E-state index is 13.9. The van der Waals surface area contributed by atoms with Gasteiger partial charge in [-0.25, -0.2) is 0 Å². The van der Waals surface area contributed by atoms with Crippen molar-refractivity contribution < 1.29 is 27.5 Å². The fourth-order valence-electron chi connectivity index (χ4n) is 5.12. The molecular formula is C35H40F3N3O3. The lowest BCUT2D eigenvalue weighted by Gasteiger charge is -2.28. The van der Waals surface area contributed by atoms with Gasteiger partial charge in [0.2, 0.25) is 5.91 Å². The van der Waals surface area contributed by atoms with Crippen molar-refractivity contribution in [3.05, 3.63) is 107 Å². The van der Waals surface area contributed by atoms with Crippen molar-refractivity contribution in [2.75, 3.05) is 33.4 Å². The second kappa shape index (κ2) is 14.1. The summed E-state index contributed by atoms with van der Waals surface area (Å²) in [5.41, 5.74) is 3.34. The molecule has 1 aromatic heterocycles. The highest BCUT2D eigenvalue weighted by molar-refractivity contribution is 5.96. The van der Waals surface area contributed by atoms with E-state index in [0.717, 1.165) is 34.2 Å². The zero-order valence-corrected chi connectivity index (χ0v) is 25.7. The topological polar surface area (TPSA) is 65.6 Å². The molecular weight excluding hydrogens is 567 g/mol. The first-order valence-corrected chi connectivity index (χ1v) is 14.7. The predicted octanol–water partition coefficient (Wildman–Crippen LogP) is 7.23. The summed E-state index contributed by atoms with van der Waals surface area (Å²) in [5.74, 6) is -0.553. The van der Waals surface area contributed by atoms with E-state index in [1.807, 2.05) is 42.6 Å². The molecule has 1 heterocycles. The molecule has 4 rings (SSSR count). The second-order valence-corrected chi connectivity index (χ2v) is 12.0. The molecule has 0 aliphatic carbocycles. The molecule has 1 N–H and O–H groups in total. The molecule has 0 aliphatic rings. The molecule has 3 aromatic carbocycles. The average Bonchev–Trinajstić information content (AvgIpc) is 3.41. The minimum absolute atomic E-state index is 0.0701. The number of ether oxygens (including phenoxy) is 1. The molecule has 234 valence electrons. The molecule has 4 aromatic rings. The molecule has 2 amide bonds. The number of carbonyl (C=O) groups is 2. The van der Waals surface area contributed by atoms with Crippen LogP contribution in [-0.2, 0) is 34.1 Å². The number of nitrogens with zero attached hydrogens (tertiary/aromatic N) is 2. The number of alkyl halides is 3. The maximum Gasteiger partial charge on any atom is 0.416 e. The molecule has 0 radical (unpaired) electrons. The van der Waals surface area contributed by atoms with Crippen LogP contribution in [0.2, 0.25) is 0 Å². The van der Waals surface area contributed by atoms with Gasteiger partial charge in [0.05, 0.1) is 5.56 Å². The van der Waals surface area contributed by atoms with E-state index < -0.39 is 11.7 Å². The number of halogens is 3. The van der Waals surface area contributed by atoms with Crippen molar-refractivity contribution in [2.24, 2.45) is 0 Å². The van der Waals surface area contributed by atoms with Crippen molar-refractivity contribution in [3.63, 3.8) is 0 Å². The lowest BCUT2D eigenvalue weighted by atomic mass is 9.86. The van der Waals surface area contributed by atoms with Crippen LogP contribution in [0.25, 0.3) is 10.9 Å². The van der Waals surface area contributed by atoms with Gasteiger partial charge in [-0.15, -0.1) is 0 Å². The highest BCUT2D eigenvalue weighted by atomic mass is 19.4. The van der Waals surface area contributed by atoms with E-state index in [1.54, 1.807) is 24.1 Å². The molecule has 6 nitrogen and oxygen atoms in total. The van der Waals surface area contributed by atoms with E-state index in [0.29, 0.717) is 43.7 Å². The lowest BCUT2D eigenvalue weighted by molar-refractivity contribution is -0.137. The van der Waals surface area contributed by atoms with Gasteiger partial charge in [0.25, 0.3) is 5.91 Å². The maximum atomic E-state index is 13.9. The van der Waals surface area contributed by atoms with Crippen LogP contribution in [0.15, 0.2) is 79.0 Å². The van der Waals surface area contributed by atoms with Crippen molar-refractivity contribution >= 4 is 22.7 Å². The fourth-order valence-corrected chi connectivity index (χ4v) is 5.12. The van der Waals surface area contributed by atoms with Crippen molar-refractivity contribution in [3.8, 4) is 0 Å². The fraction of sp³-hybridized carbons (Fsp3) is 0.371. The van der Waals surface area contributed by atoms with Crippen molar-refractivity contribution in [1.29, 1.82) is 0 Å². The van der Waals surface area contributed by atoms with Gasteiger partial charge < -0.3 is 19.5 Å². The highest BCUT2D eigenvalue weighted by Gasteiger charge is 2.30. The van der Waals surface area contributed by atoms with Crippen LogP contribution in [0.4, 0.5) is 13.2 Å². The molecule has 0 unspecified atom stereocenters. The predicted molar refractivity (Wildman–Crippen MR) is 166 cm³/mol. The summed E-state index contributed by atoms with van der Waals surface area (Å²) in [4.78, 5) is 33.9. The number of fused-ring (bicyclic) bond motifs is 1. The van der Waals surface area contributed by atoms with Crippen LogP contribution >= 0.6 is 0 Å². The minimum atomic E-state index is -4.45. The minimum Gasteiger partial charge on any atom is -0.385 e. The van der Waals surface area contributed by atoms with Crippen molar-refractivity contribution in [1.82, 2.24) is 14.8 Å². The second-order valence-electron chi connectivity index (χ2n) is 12.0. The normalized spacial score (nSPS) is 12.0. The van der Waals surface area contributed by atoms with Gasteiger partial charge in [-0.3, -0.25) is 9.59 Å². The first-order valence-electron chi connectivity index (χ1n) is 14.7. The van der Waals surface area contributed by atoms with Gasteiger partial charge in [0.1, 0.15) is 6.54 Å². The molecule has 0 atom stereocenters. The summed E-state index contributed by atoms with van der Waals surface area (Å²) >= 11 is 0. The third-order valence-corrected chi connectivity index (χ3v) is 7.72. The summed E-state index contributed by atoms with van der Waals surface area (Å²) in [7, 11) is 1.58.